The maximum absolute atomic E-state index is 12.2. The minimum absolute atomic E-state index is 0.0806. The molecule has 0 bridgehead atoms. The molecule has 1 aliphatic rings. The number of amides is 2. The predicted molar refractivity (Wildman–Crippen MR) is 73.8 cm³/mol. The molecule has 1 aliphatic heterocycles. The third-order valence-corrected chi connectivity index (χ3v) is 3.11. The Balaban J connectivity index is 2.08. The quantitative estimate of drug-likeness (QED) is 0.349. The lowest BCUT2D eigenvalue weighted by Gasteiger charge is -2.19. The minimum atomic E-state index is -1.23. The first kappa shape index (κ1) is 16.2. The number of nitrogens with zero attached hydrogens (tertiary/aromatic N) is 4. The first-order valence-electron chi connectivity index (χ1n) is 6.56. The molecule has 1 heterocycles. The standard InChI is InChI=1S/C13H14N4O6/c1-8(23-14-17(22)15(2)7-11(18)19)16-12(20)9-5-3-4-6-10(9)13(16)21/h3-6,8H,7H2,1-2H3,(H,18,19). The van der Waals surface area contributed by atoms with Gasteiger partial charge in [0.1, 0.15) is 0 Å². The zero-order chi connectivity index (χ0) is 17.1. The largest absolute Gasteiger partial charge is 0.569 e. The molecule has 1 aromatic carbocycles. The lowest BCUT2D eigenvalue weighted by atomic mass is 10.1. The van der Waals surface area contributed by atoms with Crippen molar-refractivity contribution in [3.05, 3.63) is 40.6 Å². The van der Waals surface area contributed by atoms with Crippen molar-refractivity contribution in [1.29, 1.82) is 0 Å². The van der Waals surface area contributed by atoms with Gasteiger partial charge in [-0.3, -0.25) is 14.4 Å². The van der Waals surface area contributed by atoms with E-state index in [1.54, 1.807) is 12.1 Å². The van der Waals surface area contributed by atoms with Crippen molar-refractivity contribution in [2.45, 2.75) is 13.2 Å². The number of carbonyl (C=O) groups is 3. The van der Waals surface area contributed by atoms with Crippen molar-refractivity contribution in [1.82, 2.24) is 9.91 Å². The van der Waals surface area contributed by atoms with Gasteiger partial charge in [0.15, 0.2) is 6.54 Å². The van der Waals surface area contributed by atoms with Crippen LogP contribution in [0.25, 0.3) is 0 Å². The molecule has 0 spiro atoms. The van der Waals surface area contributed by atoms with E-state index < -0.39 is 30.6 Å². The Morgan fingerprint density at radius 3 is 2.39 bits per heavy atom. The first-order valence-corrected chi connectivity index (χ1v) is 6.56. The molecule has 0 radical (unpaired) electrons. The molecule has 1 unspecified atom stereocenters. The third-order valence-electron chi connectivity index (χ3n) is 3.11. The lowest BCUT2D eigenvalue weighted by Crippen LogP contribution is -2.39. The highest BCUT2D eigenvalue weighted by atomic mass is 16.7. The second-order valence-electron chi connectivity index (χ2n) is 4.77. The van der Waals surface area contributed by atoms with Crippen molar-refractivity contribution in [2.75, 3.05) is 13.6 Å². The highest BCUT2D eigenvalue weighted by molar-refractivity contribution is 6.21. The van der Waals surface area contributed by atoms with Crippen LogP contribution in [0.15, 0.2) is 29.5 Å². The van der Waals surface area contributed by atoms with Crippen LogP contribution in [0, 0.1) is 5.21 Å². The van der Waals surface area contributed by atoms with E-state index in [1.807, 2.05) is 0 Å². The van der Waals surface area contributed by atoms with Crippen LogP contribution in [0.3, 0.4) is 0 Å². The molecule has 1 N–H and O–H groups in total. The number of hydrazine groups is 1. The van der Waals surface area contributed by atoms with Crippen molar-refractivity contribution >= 4 is 17.8 Å². The van der Waals surface area contributed by atoms with E-state index in [1.165, 1.54) is 26.1 Å². The third kappa shape index (κ3) is 3.20. The number of aliphatic carboxylic acids is 1. The number of fused-ring (bicyclic) bond motifs is 1. The lowest BCUT2D eigenvalue weighted by molar-refractivity contribution is -0.704. The summed E-state index contributed by atoms with van der Waals surface area (Å²) in [6.07, 6.45) is -1.13. The van der Waals surface area contributed by atoms with Gasteiger partial charge < -0.3 is 15.2 Å². The number of carbonyl (C=O) groups excluding carboxylic acids is 2. The Labute approximate surface area is 130 Å². The van der Waals surface area contributed by atoms with Crippen LogP contribution in [0.1, 0.15) is 27.6 Å². The molecule has 0 aliphatic carbocycles. The Morgan fingerprint density at radius 2 is 1.91 bits per heavy atom. The minimum Gasteiger partial charge on any atom is -0.569 e. The molecule has 23 heavy (non-hydrogen) atoms. The molecule has 0 aromatic heterocycles. The fraction of sp³-hybridized carbons (Fsp3) is 0.308. The van der Waals surface area contributed by atoms with Gasteiger partial charge in [-0.1, -0.05) is 12.1 Å². The van der Waals surface area contributed by atoms with Gasteiger partial charge in [0.25, 0.3) is 11.8 Å². The van der Waals surface area contributed by atoms with E-state index in [4.69, 9.17) is 9.94 Å². The Morgan fingerprint density at radius 1 is 1.39 bits per heavy atom. The van der Waals surface area contributed by atoms with Gasteiger partial charge in [0.2, 0.25) is 11.5 Å². The topological polar surface area (TPSA) is 126 Å². The van der Waals surface area contributed by atoms with Gasteiger partial charge >= 0.3 is 5.97 Å². The highest BCUT2D eigenvalue weighted by Crippen LogP contribution is 2.24. The van der Waals surface area contributed by atoms with Gasteiger partial charge in [-0.2, -0.15) is 0 Å². The molecular formula is C13H14N4O6. The molecule has 1 aromatic rings. The Hall–Kier alpha value is -3.17. The average molecular weight is 322 g/mol. The summed E-state index contributed by atoms with van der Waals surface area (Å²) in [6, 6.07) is 6.28. The van der Waals surface area contributed by atoms with Gasteiger partial charge in [-0.15, -0.1) is 5.01 Å². The molecule has 10 nitrogen and oxygen atoms in total. The summed E-state index contributed by atoms with van der Waals surface area (Å²) in [5.74, 6) is -2.33. The SMILES string of the molecule is CC(ON=[N+]([O-])N(C)CC(=O)O)N1C(=O)c2ccccc2C1=O. The van der Waals surface area contributed by atoms with E-state index >= 15 is 0 Å². The summed E-state index contributed by atoms with van der Waals surface area (Å²) in [4.78, 5) is 40.4. The van der Waals surface area contributed by atoms with E-state index in [9.17, 15) is 19.6 Å². The maximum atomic E-state index is 12.2. The van der Waals surface area contributed by atoms with Crippen molar-refractivity contribution in [3.8, 4) is 0 Å². The number of carboxylic acids is 1. The van der Waals surface area contributed by atoms with Crippen molar-refractivity contribution in [2.24, 2.45) is 5.28 Å². The van der Waals surface area contributed by atoms with E-state index in [-0.39, 0.29) is 16.1 Å². The fourth-order valence-corrected chi connectivity index (χ4v) is 2.01. The summed E-state index contributed by atoms with van der Waals surface area (Å²) < 4.78 is 0. The van der Waals surface area contributed by atoms with Crippen LogP contribution in [-0.2, 0) is 9.63 Å². The molecule has 1 atom stereocenters. The predicted octanol–water partition coefficient (Wildman–Crippen LogP) is 0.454. The van der Waals surface area contributed by atoms with Gasteiger partial charge in [0.05, 0.1) is 23.1 Å². The van der Waals surface area contributed by atoms with Crippen LogP contribution in [0.5, 0.6) is 0 Å². The number of benzene rings is 1. The summed E-state index contributed by atoms with van der Waals surface area (Å²) in [5.41, 5.74) is 0.491. The van der Waals surface area contributed by atoms with E-state index in [2.05, 4.69) is 5.28 Å². The normalized spacial score (nSPS) is 15.4. The second kappa shape index (κ2) is 6.30. The van der Waals surface area contributed by atoms with Gasteiger partial charge in [-0.25, -0.2) is 4.90 Å². The highest BCUT2D eigenvalue weighted by Gasteiger charge is 2.39. The number of imide groups is 1. The Bertz CT molecular complexity index is 654. The molecule has 122 valence electrons. The number of hydrogen-bond donors (Lipinski definition) is 1. The Kier molecular flexibility index (Phi) is 4.44. The van der Waals surface area contributed by atoms with Crippen LogP contribution >= 0.6 is 0 Å². The van der Waals surface area contributed by atoms with Crippen LogP contribution in [0.4, 0.5) is 0 Å². The van der Waals surface area contributed by atoms with E-state index in [0.717, 1.165) is 9.91 Å². The molecule has 10 heteroatoms. The fourth-order valence-electron chi connectivity index (χ4n) is 2.01. The molecule has 2 rings (SSSR count). The van der Waals surface area contributed by atoms with Crippen molar-refractivity contribution in [3.63, 3.8) is 0 Å². The zero-order valence-corrected chi connectivity index (χ0v) is 12.4. The first-order chi connectivity index (χ1) is 10.8. The summed E-state index contributed by atoms with van der Waals surface area (Å²) >= 11 is 0. The van der Waals surface area contributed by atoms with Crippen LogP contribution in [-0.4, -0.2) is 57.6 Å². The zero-order valence-electron chi connectivity index (χ0n) is 12.4. The van der Waals surface area contributed by atoms with Crippen molar-refractivity contribution < 1.29 is 29.3 Å². The monoisotopic (exact) mass is 322 g/mol. The molecule has 0 saturated carbocycles. The smallest absolute Gasteiger partial charge is 0.329 e. The molecular weight excluding hydrogens is 308 g/mol. The summed E-state index contributed by atoms with van der Waals surface area (Å²) in [5, 5.41) is 23.9. The summed E-state index contributed by atoms with van der Waals surface area (Å²) in [7, 11) is 1.20. The molecule has 0 saturated heterocycles. The van der Waals surface area contributed by atoms with Crippen LogP contribution < -0.4 is 0 Å². The summed E-state index contributed by atoms with van der Waals surface area (Å²) in [6.45, 7) is 0.786. The maximum Gasteiger partial charge on any atom is 0.329 e. The molecule has 0 fully saturated rings. The number of carboxylic acid groups (broad SMARTS) is 1. The number of rotatable bonds is 6. The molecule has 2 amide bonds. The van der Waals surface area contributed by atoms with Gasteiger partial charge in [0, 0.05) is 0 Å². The van der Waals surface area contributed by atoms with Gasteiger partial charge in [-0.05, 0) is 19.1 Å². The second-order valence-corrected chi connectivity index (χ2v) is 4.77. The average Bonchev–Trinajstić information content (AvgIpc) is 2.76. The number of hydrogen-bond acceptors (Lipinski definition) is 6. The van der Waals surface area contributed by atoms with E-state index in [0.29, 0.717) is 0 Å². The van der Waals surface area contributed by atoms with Crippen LogP contribution in [0.2, 0.25) is 0 Å². The number of likely N-dealkylation sites (N-methyl/N-ethyl adjacent to an activating group) is 1.